The van der Waals surface area contributed by atoms with Crippen molar-refractivity contribution in [2.75, 3.05) is 12.8 Å². The number of nitrogen functional groups attached to an aromatic ring is 1. The van der Waals surface area contributed by atoms with Crippen LogP contribution in [0.5, 0.6) is 0 Å². The molecule has 0 saturated heterocycles. The summed E-state index contributed by atoms with van der Waals surface area (Å²) in [5.41, 5.74) is 6.60. The smallest absolute Gasteiger partial charge is 0.131 e. The van der Waals surface area contributed by atoms with Gasteiger partial charge in [0.1, 0.15) is 17.5 Å². The highest BCUT2D eigenvalue weighted by Crippen LogP contribution is 2.29. The molecule has 100 valence electrons. The lowest BCUT2D eigenvalue weighted by molar-refractivity contribution is 0.552. The van der Waals surface area contributed by atoms with Crippen LogP contribution in [0.3, 0.4) is 0 Å². The molecule has 2 rings (SSSR count). The fourth-order valence-corrected chi connectivity index (χ4v) is 2.08. The Hall–Kier alpha value is -1.72. The molecule has 0 aliphatic heterocycles. The van der Waals surface area contributed by atoms with Gasteiger partial charge in [0, 0.05) is 23.4 Å². The van der Waals surface area contributed by atoms with Gasteiger partial charge in [0.25, 0.3) is 0 Å². The Balaban J connectivity index is 2.52. The summed E-state index contributed by atoms with van der Waals surface area (Å²) in [6.45, 7) is 0. The summed E-state index contributed by atoms with van der Waals surface area (Å²) in [6.07, 6.45) is 1.41. The van der Waals surface area contributed by atoms with Crippen molar-refractivity contribution in [3.63, 3.8) is 0 Å². The minimum atomic E-state index is -0.654. The van der Waals surface area contributed by atoms with Crippen molar-refractivity contribution in [2.24, 2.45) is 0 Å². The van der Waals surface area contributed by atoms with Gasteiger partial charge in [-0.05, 0) is 19.2 Å². The van der Waals surface area contributed by atoms with Gasteiger partial charge < -0.3 is 11.1 Å². The monoisotopic (exact) mass is 283 g/mol. The molecule has 19 heavy (non-hydrogen) atoms. The third-order valence-corrected chi connectivity index (χ3v) is 3.00. The molecule has 2 aromatic rings. The van der Waals surface area contributed by atoms with Crippen LogP contribution >= 0.6 is 11.6 Å². The lowest BCUT2D eigenvalue weighted by atomic mass is 9.99. The normalized spacial score (nSPS) is 12.4. The molecule has 0 amide bonds. The lowest BCUT2D eigenvalue weighted by Gasteiger charge is -2.19. The van der Waals surface area contributed by atoms with Gasteiger partial charge in [0.05, 0.1) is 11.1 Å². The van der Waals surface area contributed by atoms with E-state index in [2.05, 4.69) is 10.3 Å². The van der Waals surface area contributed by atoms with Crippen LogP contribution in [0, 0.1) is 11.6 Å². The van der Waals surface area contributed by atoms with Crippen LogP contribution in [0.15, 0.2) is 30.5 Å². The Labute approximate surface area is 114 Å². The first-order valence-corrected chi connectivity index (χ1v) is 5.94. The van der Waals surface area contributed by atoms with Gasteiger partial charge in [-0.3, -0.25) is 0 Å². The Morgan fingerprint density at radius 1 is 1.26 bits per heavy atom. The molecule has 1 unspecified atom stereocenters. The highest BCUT2D eigenvalue weighted by molar-refractivity contribution is 6.30. The van der Waals surface area contributed by atoms with Crippen molar-refractivity contribution < 1.29 is 8.78 Å². The molecule has 1 aromatic carbocycles. The summed E-state index contributed by atoms with van der Waals surface area (Å²) in [5, 5.41) is 3.32. The topological polar surface area (TPSA) is 50.9 Å². The number of rotatable bonds is 3. The minimum absolute atomic E-state index is 0.243. The second-order valence-electron chi connectivity index (χ2n) is 4.02. The van der Waals surface area contributed by atoms with Crippen LogP contribution < -0.4 is 11.1 Å². The minimum Gasteiger partial charge on any atom is -0.383 e. The number of nitrogens with one attached hydrogen (secondary N) is 1. The van der Waals surface area contributed by atoms with Crippen molar-refractivity contribution in [1.82, 2.24) is 10.3 Å². The summed E-state index contributed by atoms with van der Waals surface area (Å²) in [5.74, 6) is -1.04. The van der Waals surface area contributed by atoms with E-state index in [1.807, 2.05) is 0 Å². The third-order valence-electron chi connectivity index (χ3n) is 2.79. The van der Waals surface area contributed by atoms with Crippen LogP contribution in [-0.2, 0) is 0 Å². The van der Waals surface area contributed by atoms with Gasteiger partial charge in [-0.15, -0.1) is 0 Å². The predicted octanol–water partition coefficient (Wildman–Crippen LogP) is 2.90. The Bertz CT molecular complexity index is 604. The molecule has 1 heterocycles. The molecule has 0 saturated carbocycles. The number of nitrogens with two attached hydrogens (primary N) is 1. The maximum atomic E-state index is 13.8. The maximum Gasteiger partial charge on any atom is 0.131 e. The summed E-state index contributed by atoms with van der Waals surface area (Å²) >= 11 is 5.87. The van der Waals surface area contributed by atoms with Crippen LogP contribution in [0.4, 0.5) is 14.6 Å². The zero-order valence-corrected chi connectivity index (χ0v) is 10.9. The van der Waals surface area contributed by atoms with Crippen molar-refractivity contribution >= 4 is 17.4 Å². The fraction of sp³-hybridized carbons (Fsp3) is 0.154. The maximum absolute atomic E-state index is 13.8. The second kappa shape index (κ2) is 5.50. The third kappa shape index (κ3) is 2.83. The van der Waals surface area contributed by atoms with Gasteiger partial charge in [-0.1, -0.05) is 17.7 Å². The Kier molecular flexibility index (Phi) is 3.97. The molecule has 1 aromatic heterocycles. The number of anilines is 1. The van der Waals surface area contributed by atoms with Crippen LogP contribution in [-0.4, -0.2) is 12.0 Å². The number of nitrogens with zero attached hydrogens (tertiary/aromatic N) is 1. The van der Waals surface area contributed by atoms with E-state index in [0.29, 0.717) is 10.6 Å². The van der Waals surface area contributed by atoms with E-state index < -0.39 is 17.7 Å². The molecule has 3 N–H and O–H groups in total. The van der Waals surface area contributed by atoms with E-state index in [0.717, 1.165) is 6.07 Å². The van der Waals surface area contributed by atoms with Crippen LogP contribution in [0.1, 0.15) is 17.2 Å². The summed E-state index contributed by atoms with van der Waals surface area (Å²) < 4.78 is 26.8. The van der Waals surface area contributed by atoms with Gasteiger partial charge in [-0.25, -0.2) is 13.8 Å². The lowest BCUT2D eigenvalue weighted by Crippen LogP contribution is -2.20. The van der Waals surface area contributed by atoms with Crippen LogP contribution in [0.25, 0.3) is 0 Å². The number of hydrogen-bond acceptors (Lipinski definition) is 3. The highest BCUT2D eigenvalue weighted by atomic mass is 35.5. The molecule has 6 heteroatoms. The number of hydrogen-bond donors (Lipinski definition) is 2. The average Bonchev–Trinajstić information content (AvgIpc) is 2.36. The summed E-state index contributed by atoms with van der Waals surface area (Å²) in [6, 6.07) is 4.44. The standard InChI is InChI=1S/C13H12ClF2N3/c1-18-12(9-3-2-8(15)5-11(9)16)10-4-7(14)6-19-13(10)17/h2-6,12,18H,1H3,(H2,17,19). The molecule has 0 aliphatic carbocycles. The molecular weight excluding hydrogens is 272 g/mol. The van der Waals surface area contributed by atoms with E-state index in [4.69, 9.17) is 17.3 Å². The first-order chi connectivity index (χ1) is 9.02. The van der Waals surface area contributed by atoms with Crippen LogP contribution in [0.2, 0.25) is 5.02 Å². The predicted molar refractivity (Wildman–Crippen MR) is 70.9 cm³/mol. The quantitative estimate of drug-likeness (QED) is 0.911. The van der Waals surface area contributed by atoms with Crippen molar-refractivity contribution in [3.8, 4) is 0 Å². The second-order valence-corrected chi connectivity index (χ2v) is 4.45. The number of halogens is 3. The molecule has 0 bridgehead atoms. The number of aromatic nitrogens is 1. The number of pyridine rings is 1. The fourth-order valence-electron chi connectivity index (χ4n) is 1.91. The molecule has 0 fully saturated rings. The largest absolute Gasteiger partial charge is 0.383 e. The summed E-state index contributed by atoms with van der Waals surface area (Å²) in [7, 11) is 1.65. The first-order valence-electron chi connectivity index (χ1n) is 5.56. The van der Waals surface area contributed by atoms with Gasteiger partial charge in [0.15, 0.2) is 0 Å². The van der Waals surface area contributed by atoms with E-state index in [9.17, 15) is 8.78 Å². The first kappa shape index (κ1) is 13.7. The van der Waals surface area contributed by atoms with Gasteiger partial charge in [-0.2, -0.15) is 0 Å². The van der Waals surface area contributed by atoms with Crippen molar-refractivity contribution in [2.45, 2.75) is 6.04 Å². The molecule has 0 aliphatic rings. The van der Waals surface area contributed by atoms with Gasteiger partial charge >= 0.3 is 0 Å². The average molecular weight is 284 g/mol. The zero-order valence-electron chi connectivity index (χ0n) is 10.1. The SMILES string of the molecule is CNC(c1ccc(F)cc1F)c1cc(Cl)cnc1N. The van der Waals surface area contributed by atoms with Crippen molar-refractivity contribution in [1.29, 1.82) is 0 Å². The van der Waals surface area contributed by atoms with E-state index in [1.54, 1.807) is 13.1 Å². The molecule has 0 radical (unpaired) electrons. The van der Waals surface area contributed by atoms with E-state index >= 15 is 0 Å². The molecule has 1 atom stereocenters. The molecular formula is C13H12ClF2N3. The van der Waals surface area contributed by atoms with E-state index in [1.165, 1.54) is 18.3 Å². The molecule has 3 nitrogen and oxygen atoms in total. The van der Waals surface area contributed by atoms with E-state index in [-0.39, 0.29) is 11.4 Å². The van der Waals surface area contributed by atoms with Crippen molar-refractivity contribution in [3.05, 3.63) is 58.2 Å². The van der Waals surface area contributed by atoms with Gasteiger partial charge in [0.2, 0.25) is 0 Å². The Morgan fingerprint density at radius 3 is 2.63 bits per heavy atom. The molecule has 0 spiro atoms. The summed E-state index contributed by atoms with van der Waals surface area (Å²) in [4.78, 5) is 3.93. The highest BCUT2D eigenvalue weighted by Gasteiger charge is 2.19. The zero-order chi connectivity index (χ0) is 14.0. The number of benzene rings is 1. The Morgan fingerprint density at radius 2 is 2.00 bits per heavy atom.